The van der Waals surface area contributed by atoms with E-state index in [0.717, 1.165) is 25.3 Å². The average molecular weight is 260 g/mol. The van der Waals surface area contributed by atoms with Gasteiger partial charge < -0.3 is 9.84 Å². The molecule has 0 saturated heterocycles. The first-order valence-electron chi connectivity index (χ1n) is 5.79. The fourth-order valence-corrected chi connectivity index (χ4v) is 2.40. The zero-order valence-electron chi connectivity index (χ0n) is 10.0. The van der Waals surface area contributed by atoms with Crippen molar-refractivity contribution in [1.82, 2.24) is 0 Å². The molecule has 0 unspecified atom stereocenters. The highest BCUT2D eigenvalue weighted by Crippen LogP contribution is 2.46. The smallest absolute Gasteiger partial charge is 0.419 e. The van der Waals surface area contributed by atoms with Crippen LogP contribution in [-0.2, 0) is 11.6 Å². The van der Waals surface area contributed by atoms with E-state index in [4.69, 9.17) is 4.74 Å². The summed E-state index contributed by atoms with van der Waals surface area (Å²) in [6.45, 7) is -0.114. The molecule has 0 aromatic heterocycles. The number of methoxy groups -OCH3 is 1. The highest BCUT2D eigenvalue weighted by molar-refractivity contribution is 5.42. The van der Waals surface area contributed by atoms with Gasteiger partial charge in [-0.25, -0.2) is 0 Å². The number of aliphatic hydroxyl groups is 1. The predicted octanol–water partition coefficient (Wildman–Crippen LogP) is 3.13. The lowest BCUT2D eigenvalue weighted by Gasteiger charge is -2.41. The highest BCUT2D eigenvalue weighted by atomic mass is 19.4. The van der Waals surface area contributed by atoms with Crippen LogP contribution in [0.15, 0.2) is 18.2 Å². The third-order valence-electron chi connectivity index (χ3n) is 3.73. The molecule has 1 aliphatic rings. The Morgan fingerprint density at radius 3 is 2.39 bits per heavy atom. The van der Waals surface area contributed by atoms with Crippen LogP contribution >= 0.6 is 0 Å². The molecule has 1 N–H and O–H groups in total. The Kier molecular flexibility index (Phi) is 3.27. The summed E-state index contributed by atoms with van der Waals surface area (Å²) >= 11 is 0. The topological polar surface area (TPSA) is 29.5 Å². The zero-order chi connectivity index (χ0) is 13.4. The largest absolute Gasteiger partial charge is 0.496 e. The van der Waals surface area contributed by atoms with Gasteiger partial charge in [-0.2, -0.15) is 13.2 Å². The summed E-state index contributed by atoms with van der Waals surface area (Å²) in [5, 5.41) is 9.40. The molecule has 0 heterocycles. The van der Waals surface area contributed by atoms with Crippen LogP contribution in [-0.4, -0.2) is 18.8 Å². The van der Waals surface area contributed by atoms with Crippen molar-refractivity contribution in [2.45, 2.75) is 30.9 Å². The maximum Gasteiger partial charge on any atom is 0.419 e. The summed E-state index contributed by atoms with van der Waals surface area (Å²) in [6.07, 6.45) is -2.05. The van der Waals surface area contributed by atoms with Crippen molar-refractivity contribution in [2.24, 2.45) is 0 Å². The van der Waals surface area contributed by atoms with E-state index in [1.54, 1.807) is 6.07 Å². The Bertz CT molecular complexity index is 431. The summed E-state index contributed by atoms with van der Waals surface area (Å²) in [4.78, 5) is 0. The number of rotatable bonds is 3. The van der Waals surface area contributed by atoms with Crippen molar-refractivity contribution in [3.8, 4) is 5.75 Å². The second-order valence-corrected chi connectivity index (χ2v) is 4.70. The Hall–Kier alpha value is -1.23. The van der Waals surface area contributed by atoms with Gasteiger partial charge in [0.25, 0.3) is 0 Å². The van der Waals surface area contributed by atoms with Crippen molar-refractivity contribution in [1.29, 1.82) is 0 Å². The van der Waals surface area contributed by atoms with Crippen LogP contribution in [0.4, 0.5) is 13.2 Å². The van der Waals surface area contributed by atoms with Gasteiger partial charge in [-0.3, -0.25) is 0 Å². The van der Waals surface area contributed by atoms with Crippen molar-refractivity contribution < 1.29 is 23.0 Å². The molecule has 0 atom stereocenters. The molecule has 2 nitrogen and oxygen atoms in total. The monoisotopic (exact) mass is 260 g/mol. The number of alkyl halides is 3. The molecule has 1 saturated carbocycles. The lowest BCUT2D eigenvalue weighted by molar-refractivity contribution is -0.138. The van der Waals surface area contributed by atoms with Crippen molar-refractivity contribution in [2.75, 3.05) is 13.7 Å². The fourth-order valence-electron chi connectivity index (χ4n) is 2.40. The number of aliphatic hydroxyl groups excluding tert-OH is 1. The average Bonchev–Trinajstić information content (AvgIpc) is 2.27. The van der Waals surface area contributed by atoms with Crippen LogP contribution in [0.5, 0.6) is 5.75 Å². The number of hydrogen-bond acceptors (Lipinski definition) is 2. The Morgan fingerprint density at radius 2 is 2.00 bits per heavy atom. The molecule has 0 bridgehead atoms. The van der Waals surface area contributed by atoms with E-state index in [0.29, 0.717) is 5.56 Å². The van der Waals surface area contributed by atoms with Gasteiger partial charge in [-0.1, -0.05) is 12.5 Å². The maximum atomic E-state index is 12.9. The van der Waals surface area contributed by atoms with Crippen molar-refractivity contribution >= 4 is 0 Å². The van der Waals surface area contributed by atoms with Gasteiger partial charge in [0.05, 0.1) is 19.3 Å². The molecule has 0 aliphatic heterocycles. The molecule has 1 aromatic rings. The summed E-state index contributed by atoms with van der Waals surface area (Å²) in [5.74, 6) is -0.182. The lowest BCUT2D eigenvalue weighted by atomic mass is 9.65. The molecule has 5 heteroatoms. The first kappa shape index (κ1) is 13.2. The van der Waals surface area contributed by atoms with Crippen LogP contribution in [0, 0.1) is 0 Å². The molecule has 1 aromatic carbocycles. The lowest BCUT2D eigenvalue weighted by Crippen LogP contribution is -2.38. The van der Waals surface area contributed by atoms with E-state index < -0.39 is 17.2 Å². The standard InChI is InChI=1S/C13H15F3O2/c1-18-11-4-3-9(7-10(11)13(14,15)16)12(8-17)5-2-6-12/h3-4,7,17H,2,5-6,8H2,1H3. The fraction of sp³-hybridized carbons (Fsp3) is 0.538. The van der Waals surface area contributed by atoms with Crippen molar-refractivity contribution in [3.05, 3.63) is 29.3 Å². The van der Waals surface area contributed by atoms with E-state index in [1.807, 2.05) is 0 Å². The van der Waals surface area contributed by atoms with Gasteiger partial charge in [-0.05, 0) is 30.5 Å². The molecule has 0 amide bonds. The van der Waals surface area contributed by atoms with Gasteiger partial charge in [0.2, 0.25) is 0 Å². The summed E-state index contributed by atoms with van der Waals surface area (Å²) in [7, 11) is 1.22. The summed E-state index contributed by atoms with van der Waals surface area (Å²) in [5.41, 5.74) is -0.724. The summed E-state index contributed by atoms with van der Waals surface area (Å²) < 4.78 is 43.4. The minimum Gasteiger partial charge on any atom is -0.496 e. The van der Waals surface area contributed by atoms with Crippen molar-refractivity contribution in [3.63, 3.8) is 0 Å². The minimum atomic E-state index is -4.44. The Labute approximate surface area is 103 Å². The number of halogens is 3. The normalized spacial score (nSPS) is 18.3. The molecule has 2 rings (SSSR count). The number of benzene rings is 1. The predicted molar refractivity (Wildman–Crippen MR) is 60.6 cm³/mol. The minimum absolute atomic E-state index is 0.114. The third kappa shape index (κ3) is 2.07. The second-order valence-electron chi connectivity index (χ2n) is 4.70. The first-order valence-corrected chi connectivity index (χ1v) is 5.79. The van der Waals surface area contributed by atoms with E-state index in [1.165, 1.54) is 13.2 Å². The Morgan fingerprint density at radius 1 is 1.33 bits per heavy atom. The molecular formula is C13H15F3O2. The SMILES string of the molecule is COc1ccc(C2(CO)CCC2)cc1C(F)(F)F. The van der Waals surface area contributed by atoms with Gasteiger partial charge in [0, 0.05) is 5.41 Å². The number of hydrogen-bond donors (Lipinski definition) is 1. The maximum absolute atomic E-state index is 12.9. The molecule has 0 radical (unpaired) electrons. The Balaban J connectivity index is 2.46. The number of ether oxygens (including phenoxy) is 1. The van der Waals surface area contributed by atoms with Gasteiger partial charge in [-0.15, -0.1) is 0 Å². The van der Waals surface area contributed by atoms with E-state index >= 15 is 0 Å². The van der Waals surface area contributed by atoms with Gasteiger partial charge >= 0.3 is 6.18 Å². The first-order chi connectivity index (χ1) is 8.43. The molecule has 1 aliphatic carbocycles. The molecule has 100 valence electrons. The summed E-state index contributed by atoms with van der Waals surface area (Å²) in [6, 6.07) is 4.05. The van der Waals surface area contributed by atoms with E-state index in [-0.39, 0.29) is 12.4 Å². The van der Waals surface area contributed by atoms with E-state index in [2.05, 4.69) is 0 Å². The zero-order valence-corrected chi connectivity index (χ0v) is 10.0. The molecule has 0 spiro atoms. The van der Waals surface area contributed by atoms with E-state index in [9.17, 15) is 18.3 Å². The second kappa shape index (κ2) is 4.46. The van der Waals surface area contributed by atoms with Gasteiger partial charge in [0.1, 0.15) is 5.75 Å². The molecule has 1 fully saturated rings. The third-order valence-corrected chi connectivity index (χ3v) is 3.73. The van der Waals surface area contributed by atoms with Crippen LogP contribution in [0.25, 0.3) is 0 Å². The van der Waals surface area contributed by atoms with Gasteiger partial charge in [0.15, 0.2) is 0 Å². The highest BCUT2D eigenvalue weighted by Gasteiger charge is 2.41. The van der Waals surface area contributed by atoms with Crippen LogP contribution in [0.2, 0.25) is 0 Å². The molecular weight excluding hydrogens is 245 g/mol. The molecule has 18 heavy (non-hydrogen) atoms. The van der Waals surface area contributed by atoms with Crippen LogP contribution < -0.4 is 4.74 Å². The quantitative estimate of drug-likeness (QED) is 0.904. The van der Waals surface area contributed by atoms with Crippen LogP contribution in [0.1, 0.15) is 30.4 Å². The van der Waals surface area contributed by atoms with Crippen LogP contribution in [0.3, 0.4) is 0 Å².